The number of benzene rings is 1. The molecule has 2 atom stereocenters. The summed E-state index contributed by atoms with van der Waals surface area (Å²) in [4.78, 5) is 23.3. The van der Waals surface area contributed by atoms with E-state index in [4.69, 9.17) is 0 Å². The van der Waals surface area contributed by atoms with Gasteiger partial charge in [-0.25, -0.2) is 0 Å². The predicted octanol–water partition coefficient (Wildman–Crippen LogP) is 1.04. The fourth-order valence-corrected chi connectivity index (χ4v) is 1.95. The van der Waals surface area contributed by atoms with Crippen molar-refractivity contribution in [2.75, 3.05) is 7.05 Å². The van der Waals surface area contributed by atoms with E-state index >= 15 is 0 Å². The number of carbonyl (C=O) groups excluding carboxylic acids is 1. The van der Waals surface area contributed by atoms with E-state index in [9.17, 15) is 14.9 Å². The molecule has 1 aromatic carbocycles. The second-order valence-electron chi connectivity index (χ2n) is 4.09. The Morgan fingerprint density at radius 3 is 2.35 bits per heavy atom. The standard InChI is InChI=1S/C11H13N3O3/c1-7-11(15)13(2)10(12-7)8-3-5-9(6-4-8)14(16)17/h3-7,10,12H,1-2H3. The molecule has 1 saturated heterocycles. The number of nitro groups is 1. The maximum Gasteiger partial charge on any atom is 0.269 e. The third kappa shape index (κ3) is 1.99. The van der Waals surface area contributed by atoms with Crippen LogP contribution in [0.5, 0.6) is 0 Å². The van der Waals surface area contributed by atoms with Gasteiger partial charge in [-0.3, -0.25) is 20.2 Å². The van der Waals surface area contributed by atoms with Gasteiger partial charge >= 0.3 is 0 Å². The van der Waals surface area contributed by atoms with E-state index in [2.05, 4.69) is 5.32 Å². The Morgan fingerprint density at radius 2 is 1.94 bits per heavy atom. The minimum absolute atomic E-state index is 0.0216. The number of nitro benzene ring substituents is 1. The molecule has 1 aromatic rings. The summed E-state index contributed by atoms with van der Waals surface area (Å²) in [6, 6.07) is 5.99. The summed E-state index contributed by atoms with van der Waals surface area (Å²) in [5, 5.41) is 13.7. The molecule has 0 spiro atoms. The smallest absolute Gasteiger partial charge is 0.269 e. The van der Waals surface area contributed by atoms with Crippen molar-refractivity contribution in [3.63, 3.8) is 0 Å². The van der Waals surface area contributed by atoms with E-state index in [-0.39, 0.29) is 23.8 Å². The molecule has 1 N–H and O–H groups in total. The van der Waals surface area contributed by atoms with Crippen molar-refractivity contribution >= 4 is 11.6 Å². The molecule has 2 rings (SSSR count). The topological polar surface area (TPSA) is 75.5 Å². The molecule has 0 saturated carbocycles. The highest BCUT2D eigenvalue weighted by Crippen LogP contribution is 2.25. The monoisotopic (exact) mass is 235 g/mol. The number of rotatable bonds is 2. The molecule has 6 heteroatoms. The first-order valence-electron chi connectivity index (χ1n) is 5.28. The van der Waals surface area contributed by atoms with E-state index in [1.165, 1.54) is 12.1 Å². The summed E-state index contributed by atoms with van der Waals surface area (Å²) in [5.41, 5.74) is 0.893. The summed E-state index contributed by atoms with van der Waals surface area (Å²) < 4.78 is 0. The molecule has 1 amide bonds. The fourth-order valence-electron chi connectivity index (χ4n) is 1.95. The molecule has 6 nitrogen and oxygen atoms in total. The lowest BCUT2D eigenvalue weighted by Gasteiger charge is -2.19. The Kier molecular flexibility index (Phi) is 2.81. The van der Waals surface area contributed by atoms with Gasteiger partial charge in [0.15, 0.2) is 0 Å². The maximum absolute atomic E-state index is 11.6. The number of hydrogen-bond acceptors (Lipinski definition) is 4. The highest BCUT2D eigenvalue weighted by Gasteiger charge is 2.34. The van der Waals surface area contributed by atoms with Crippen molar-refractivity contribution in [1.82, 2.24) is 10.2 Å². The summed E-state index contributed by atoms with van der Waals surface area (Å²) in [6.07, 6.45) is -0.210. The van der Waals surface area contributed by atoms with Crippen LogP contribution in [-0.2, 0) is 4.79 Å². The Balaban J connectivity index is 2.24. The number of nitrogens with zero attached hydrogens (tertiary/aromatic N) is 2. The van der Waals surface area contributed by atoms with Gasteiger partial charge in [0, 0.05) is 19.2 Å². The first-order chi connectivity index (χ1) is 8.00. The van der Waals surface area contributed by atoms with E-state index in [0.29, 0.717) is 0 Å². The zero-order chi connectivity index (χ0) is 12.6. The predicted molar refractivity (Wildman–Crippen MR) is 61.2 cm³/mol. The zero-order valence-electron chi connectivity index (χ0n) is 9.58. The van der Waals surface area contributed by atoms with Gasteiger partial charge in [-0.15, -0.1) is 0 Å². The third-order valence-electron chi connectivity index (χ3n) is 2.93. The number of carbonyl (C=O) groups is 1. The minimum atomic E-state index is -0.441. The summed E-state index contributed by atoms with van der Waals surface area (Å²) >= 11 is 0. The van der Waals surface area contributed by atoms with Gasteiger partial charge in [-0.1, -0.05) is 0 Å². The van der Waals surface area contributed by atoms with Gasteiger partial charge in [0.25, 0.3) is 5.69 Å². The van der Waals surface area contributed by atoms with E-state index in [1.54, 1.807) is 31.0 Å². The molecule has 1 aliphatic heterocycles. The van der Waals surface area contributed by atoms with Crippen molar-refractivity contribution < 1.29 is 9.72 Å². The largest absolute Gasteiger partial charge is 0.325 e. The Bertz CT molecular complexity index is 458. The van der Waals surface area contributed by atoms with E-state index in [0.717, 1.165) is 5.56 Å². The van der Waals surface area contributed by atoms with Crippen LogP contribution < -0.4 is 5.32 Å². The number of likely N-dealkylation sites (N-methyl/N-ethyl adjacent to an activating group) is 1. The Hall–Kier alpha value is -1.95. The number of hydrogen-bond donors (Lipinski definition) is 1. The Labute approximate surface area is 98.4 Å². The molecule has 0 bridgehead atoms. The van der Waals surface area contributed by atoms with Gasteiger partial charge in [0.05, 0.1) is 11.0 Å². The van der Waals surface area contributed by atoms with Gasteiger partial charge < -0.3 is 4.90 Å². The molecular weight excluding hydrogens is 222 g/mol. The van der Waals surface area contributed by atoms with Crippen molar-refractivity contribution in [2.45, 2.75) is 19.1 Å². The first kappa shape index (κ1) is 11.5. The van der Waals surface area contributed by atoms with Gasteiger partial charge in [-0.05, 0) is 24.6 Å². The molecule has 90 valence electrons. The van der Waals surface area contributed by atoms with Crippen LogP contribution in [0.15, 0.2) is 24.3 Å². The van der Waals surface area contributed by atoms with Crippen molar-refractivity contribution in [3.8, 4) is 0 Å². The van der Waals surface area contributed by atoms with Crippen LogP contribution in [0.25, 0.3) is 0 Å². The second kappa shape index (κ2) is 4.14. The number of non-ortho nitro benzene ring substituents is 1. The number of amides is 1. The number of nitrogens with one attached hydrogen (secondary N) is 1. The molecule has 0 radical (unpaired) electrons. The lowest BCUT2D eigenvalue weighted by atomic mass is 10.1. The van der Waals surface area contributed by atoms with Crippen LogP contribution in [0.1, 0.15) is 18.7 Å². The quantitative estimate of drug-likeness (QED) is 0.614. The molecule has 1 aliphatic rings. The SMILES string of the molecule is CC1NC(c2ccc([N+](=O)[O-])cc2)N(C)C1=O. The lowest BCUT2D eigenvalue weighted by molar-refractivity contribution is -0.384. The van der Waals surface area contributed by atoms with Crippen LogP contribution in [0.3, 0.4) is 0 Å². The molecule has 2 unspecified atom stereocenters. The highest BCUT2D eigenvalue weighted by molar-refractivity contribution is 5.83. The summed E-state index contributed by atoms with van der Waals surface area (Å²) in [7, 11) is 1.71. The molecule has 0 aromatic heterocycles. The van der Waals surface area contributed by atoms with Crippen molar-refractivity contribution in [2.24, 2.45) is 0 Å². The fraction of sp³-hybridized carbons (Fsp3) is 0.364. The first-order valence-corrected chi connectivity index (χ1v) is 5.28. The second-order valence-corrected chi connectivity index (χ2v) is 4.09. The molecular formula is C11H13N3O3. The normalized spacial score (nSPS) is 24.1. The zero-order valence-corrected chi connectivity index (χ0v) is 9.58. The molecule has 1 fully saturated rings. The summed E-state index contributed by atoms with van der Waals surface area (Å²) in [6.45, 7) is 1.80. The third-order valence-corrected chi connectivity index (χ3v) is 2.93. The molecule has 1 heterocycles. The average molecular weight is 235 g/mol. The summed E-state index contributed by atoms with van der Waals surface area (Å²) in [5.74, 6) is 0.0216. The van der Waals surface area contributed by atoms with Gasteiger partial charge in [-0.2, -0.15) is 0 Å². The van der Waals surface area contributed by atoms with Crippen LogP contribution in [0.4, 0.5) is 5.69 Å². The average Bonchev–Trinajstić information content (AvgIpc) is 2.57. The van der Waals surface area contributed by atoms with Crippen LogP contribution in [0.2, 0.25) is 0 Å². The Morgan fingerprint density at radius 1 is 1.35 bits per heavy atom. The van der Waals surface area contributed by atoms with Crippen molar-refractivity contribution in [1.29, 1.82) is 0 Å². The van der Waals surface area contributed by atoms with Gasteiger partial charge in [0.1, 0.15) is 6.17 Å². The highest BCUT2D eigenvalue weighted by atomic mass is 16.6. The lowest BCUT2D eigenvalue weighted by Crippen LogP contribution is -2.25. The maximum atomic E-state index is 11.6. The molecule has 17 heavy (non-hydrogen) atoms. The van der Waals surface area contributed by atoms with E-state index in [1.807, 2.05) is 0 Å². The minimum Gasteiger partial charge on any atom is -0.325 e. The van der Waals surface area contributed by atoms with Crippen LogP contribution >= 0.6 is 0 Å². The van der Waals surface area contributed by atoms with Crippen molar-refractivity contribution in [3.05, 3.63) is 39.9 Å². The van der Waals surface area contributed by atoms with Gasteiger partial charge in [0.2, 0.25) is 5.91 Å². The molecule has 0 aliphatic carbocycles. The van der Waals surface area contributed by atoms with Crippen LogP contribution in [0, 0.1) is 10.1 Å². The van der Waals surface area contributed by atoms with Crippen LogP contribution in [-0.4, -0.2) is 28.8 Å². The van der Waals surface area contributed by atoms with E-state index < -0.39 is 4.92 Å².